The van der Waals surface area contributed by atoms with E-state index in [1.54, 1.807) is 0 Å². The van der Waals surface area contributed by atoms with Gasteiger partial charge in [-0.25, -0.2) is 0 Å². The first-order chi connectivity index (χ1) is 9.56. The zero-order chi connectivity index (χ0) is 14.5. The number of nitrogens with one attached hydrogen (secondary N) is 1. The topological polar surface area (TPSA) is 55.1 Å². The van der Waals surface area contributed by atoms with Crippen molar-refractivity contribution in [1.82, 2.24) is 0 Å². The maximum absolute atomic E-state index is 12.1. The molecule has 0 aromatic heterocycles. The number of amides is 1. The lowest BCUT2D eigenvalue weighted by molar-refractivity contribution is -0.115. The van der Waals surface area contributed by atoms with E-state index < -0.39 is 0 Å². The molecule has 0 heterocycles. The van der Waals surface area contributed by atoms with Gasteiger partial charge in [-0.15, -0.1) is 0 Å². The number of carbonyl (C=O) groups excluding carboxylic acids is 1. The van der Waals surface area contributed by atoms with E-state index in [0.29, 0.717) is 6.42 Å². The molecule has 0 aliphatic rings. The molecule has 3 N–H and O–H groups in total. The zero-order valence-electron chi connectivity index (χ0n) is 11.9. The van der Waals surface area contributed by atoms with Crippen molar-refractivity contribution in [2.45, 2.75) is 26.3 Å². The summed E-state index contributed by atoms with van der Waals surface area (Å²) < 4.78 is 0. The Hall–Kier alpha value is -2.13. The number of benzene rings is 2. The Morgan fingerprint density at radius 3 is 2.45 bits per heavy atom. The van der Waals surface area contributed by atoms with Gasteiger partial charge in [0, 0.05) is 11.7 Å². The Labute approximate surface area is 119 Å². The molecule has 0 spiro atoms. The van der Waals surface area contributed by atoms with Crippen LogP contribution in [0.5, 0.6) is 0 Å². The second-order valence-electron chi connectivity index (χ2n) is 5.09. The van der Waals surface area contributed by atoms with E-state index in [1.165, 1.54) is 5.56 Å². The maximum Gasteiger partial charge on any atom is 0.228 e. The van der Waals surface area contributed by atoms with E-state index in [9.17, 15) is 4.79 Å². The van der Waals surface area contributed by atoms with E-state index in [2.05, 4.69) is 5.32 Å². The molecule has 0 saturated heterocycles. The quantitative estimate of drug-likeness (QED) is 0.894. The molecule has 3 nitrogen and oxygen atoms in total. The summed E-state index contributed by atoms with van der Waals surface area (Å²) in [6.45, 7) is 3.94. The number of rotatable bonds is 4. The summed E-state index contributed by atoms with van der Waals surface area (Å²) in [5.41, 5.74) is 9.85. The molecule has 104 valence electrons. The number of carbonyl (C=O) groups is 1. The number of para-hydroxylation sites is 1. The Morgan fingerprint density at radius 1 is 1.15 bits per heavy atom. The third-order valence-electron chi connectivity index (χ3n) is 3.21. The molecule has 2 aromatic rings. The standard InChI is InChI=1S/C17H20N2O/c1-12-7-9-14(10-8-12)11-17(20)19-16-6-4-3-5-15(16)13(2)18/h3-10,13H,11,18H2,1-2H3,(H,19,20). The van der Waals surface area contributed by atoms with Crippen LogP contribution in [-0.2, 0) is 11.2 Å². The van der Waals surface area contributed by atoms with Crippen LogP contribution in [0.1, 0.15) is 29.7 Å². The summed E-state index contributed by atoms with van der Waals surface area (Å²) in [6.07, 6.45) is 0.369. The van der Waals surface area contributed by atoms with Gasteiger partial charge in [0.25, 0.3) is 0 Å². The molecular weight excluding hydrogens is 248 g/mol. The summed E-state index contributed by atoms with van der Waals surface area (Å²) >= 11 is 0. The predicted octanol–water partition coefficient (Wildman–Crippen LogP) is 3.20. The highest BCUT2D eigenvalue weighted by Gasteiger charge is 2.09. The lowest BCUT2D eigenvalue weighted by Gasteiger charge is -2.13. The smallest absolute Gasteiger partial charge is 0.228 e. The Morgan fingerprint density at radius 2 is 1.80 bits per heavy atom. The summed E-state index contributed by atoms with van der Waals surface area (Å²) in [5.74, 6) is -0.0260. The zero-order valence-corrected chi connectivity index (χ0v) is 11.9. The molecule has 1 atom stereocenters. The highest BCUT2D eigenvalue weighted by molar-refractivity contribution is 5.93. The fourth-order valence-corrected chi connectivity index (χ4v) is 2.09. The molecule has 1 amide bonds. The Bertz CT molecular complexity index is 588. The molecule has 0 saturated carbocycles. The van der Waals surface area contributed by atoms with Gasteiger partial charge < -0.3 is 11.1 Å². The van der Waals surface area contributed by atoms with Gasteiger partial charge in [-0.05, 0) is 31.0 Å². The van der Waals surface area contributed by atoms with Gasteiger partial charge in [0.15, 0.2) is 0 Å². The number of hydrogen-bond donors (Lipinski definition) is 2. The molecule has 0 fully saturated rings. The summed E-state index contributed by atoms with van der Waals surface area (Å²) in [5, 5.41) is 2.94. The van der Waals surface area contributed by atoms with Crippen molar-refractivity contribution >= 4 is 11.6 Å². The van der Waals surface area contributed by atoms with Crippen molar-refractivity contribution in [3.05, 3.63) is 65.2 Å². The van der Waals surface area contributed by atoms with Gasteiger partial charge in [-0.2, -0.15) is 0 Å². The van der Waals surface area contributed by atoms with Crippen LogP contribution in [0.15, 0.2) is 48.5 Å². The van der Waals surface area contributed by atoms with Crippen LogP contribution in [-0.4, -0.2) is 5.91 Å². The van der Waals surface area contributed by atoms with Crippen LogP contribution in [0.25, 0.3) is 0 Å². The monoisotopic (exact) mass is 268 g/mol. The summed E-state index contributed by atoms with van der Waals surface area (Å²) in [4.78, 5) is 12.1. The lowest BCUT2D eigenvalue weighted by Crippen LogP contribution is -2.17. The van der Waals surface area contributed by atoms with Gasteiger partial charge in [-0.3, -0.25) is 4.79 Å². The van der Waals surface area contributed by atoms with E-state index >= 15 is 0 Å². The molecule has 0 aliphatic carbocycles. The van der Waals surface area contributed by atoms with Crippen LogP contribution in [0, 0.1) is 6.92 Å². The van der Waals surface area contributed by atoms with Crippen molar-refractivity contribution in [2.24, 2.45) is 5.73 Å². The fourth-order valence-electron chi connectivity index (χ4n) is 2.09. The average molecular weight is 268 g/mol. The molecular formula is C17H20N2O. The van der Waals surface area contributed by atoms with Gasteiger partial charge in [0.05, 0.1) is 6.42 Å². The van der Waals surface area contributed by atoms with Crippen molar-refractivity contribution in [2.75, 3.05) is 5.32 Å². The molecule has 2 rings (SSSR count). The van der Waals surface area contributed by atoms with E-state index in [0.717, 1.165) is 16.8 Å². The number of anilines is 1. The minimum absolute atomic E-state index is 0.0260. The molecule has 20 heavy (non-hydrogen) atoms. The highest BCUT2D eigenvalue weighted by atomic mass is 16.1. The second-order valence-corrected chi connectivity index (χ2v) is 5.09. The number of aryl methyl sites for hydroxylation is 1. The fraction of sp³-hybridized carbons (Fsp3) is 0.235. The Kier molecular flexibility index (Phi) is 4.53. The van der Waals surface area contributed by atoms with Gasteiger partial charge in [-0.1, -0.05) is 48.0 Å². The third kappa shape index (κ3) is 3.68. The first-order valence-corrected chi connectivity index (χ1v) is 6.76. The van der Waals surface area contributed by atoms with Crippen molar-refractivity contribution in [3.63, 3.8) is 0 Å². The minimum atomic E-state index is -0.106. The first-order valence-electron chi connectivity index (χ1n) is 6.76. The van der Waals surface area contributed by atoms with Crippen LogP contribution in [0.2, 0.25) is 0 Å². The summed E-state index contributed by atoms with van der Waals surface area (Å²) in [6, 6.07) is 15.5. The van der Waals surface area contributed by atoms with Crippen LogP contribution in [0.4, 0.5) is 5.69 Å². The third-order valence-corrected chi connectivity index (χ3v) is 3.21. The summed E-state index contributed by atoms with van der Waals surface area (Å²) in [7, 11) is 0. The predicted molar refractivity (Wildman–Crippen MR) is 82.6 cm³/mol. The van der Waals surface area contributed by atoms with Gasteiger partial charge in [0.1, 0.15) is 0 Å². The SMILES string of the molecule is Cc1ccc(CC(=O)Nc2ccccc2C(C)N)cc1. The molecule has 0 aliphatic heterocycles. The largest absolute Gasteiger partial charge is 0.325 e. The first kappa shape index (κ1) is 14.3. The maximum atomic E-state index is 12.1. The Balaban J connectivity index is 2.07. The van der Waals surface area contributed by atoms with Crippen LogP contribution < -0.4 is 11.1 Å². The normalized spacial score (nSPS) is 11.9. The minimum Gasteiger partial charge on any atom is -0.325 e. The molecule has 1 unspecified atom stereocenters. The van der Waals surface area contributed by atoms with Crippen LogP contribution in [0.3, 0.4) is 0 Å². The van der Waals surface area contributed by atoms with E-state index in [1.807, 2.05) is 62.4 Å². The van der Waals surface area contributed by atoms with Crippen molar-refractivity contribution in [3.8, 4) is 0 Å². The number of nitrogens with two attached hydrogens (primary N) is 1. The van der Waals surface area contributed by atoms with Gasteiger partial charge >= 0.3 is 0 Å². The van der Waals surface area contributed by atoms with Gasteiger partial charge in [0.2, 0.25) is 5.91 Å². The molecule has 0 bridgehead atoms. The van der Waals surface area contributed by atoms with Crippen LogP contribution >= 0.6 is 0 Å². The average Bonchev–Trinajstić information content (AvgIpc) is 2.41. The van der Waals surface area contributed by atoms with E-state index in [4.69, 9.17) is 5.73 Å². The molecule has 0 radical (unpaired) electrons. The van der Waals surface area contributed by atoms with Crippen molar-refractivity contribution < 1.29 is 4.79 Å². The molecule has 3 heteroatoms. The van der Waals surface area contributed by atoms with E-state index in [-0.39, 0.29) is 11.9 Å². The molecule has 2 aromatic carbocycles. The lowest BCUT2D eigenvalue weighted by atomic mass is 10.1. The number of hydrogen-bond acceptors (Lipinski definition) is 2. The van der Waals surface area contributed by atoms with Crippen molar-refractivity contribution in [1.29, 1.82) is 0 Å². The second kappa shape index (κ2) is 6.35. The highest BCUT2D eigenvalue weighted by Crippen LogP contribution is 2.20.